The van der Waals surface area contributed by atoms with Gasteiger partial charge in [-0.2, -0.15) is 0 Å². The van der Waals surface area contributed by atoms with Gasteiger partial charge < -0.3 is 9.30 Å². The number of hydrogen-bond donors (Lipinski definition) is 0. The van der Waals surface area contributed by atoms with Gasteiger partial charge in [0.05, 0.1) is 22.9 Å². The standard InChI is InChI=1S/C15H15Cl3N2O2/c1-2-3-14(21)22-13(8-20-5-4-19-9-20)15-11(17)6-10(16)7-12(15)18/h4-7,9,13H,2-3,8H2,1H3. The van der Waals surface area contributed by atoms with Crippen LogP contribution in [-0.2, 0) is 16.1 Å². The maximum Gasteiger partial charge on any atom is 0.306 e. The quantitative estimate of drug-likeness (QED) is 0.685. The van der Waals surface area contributed by atoms with E-state index in [9.17, 15) is 4.79 Å². The van der Waals surface area contributed by atoms with E-state index in [4.69, 9.17) is 39.5 Å². The van der Waals surface area contributed by atoms with Gasteiger partial charge in [-0.3, -0.25) is 4.79 Å². The number of esters is 1. The first-order valence-electron chi connectivity index (χ1n) is 6.81. The van der Waals surface area contributed by atoms with Gasteiger partial charge in [-0.15, -0.1) is 0 Å². The zero-order valence-corrected chi connectivity index (χ0v) is 14.2. The largest absolute Gasteiger partial charge is 0.455 e. The summed E-state index contributed by atoms with van der Waals surface area (Å²) in [6.07, 6.45) is 5.50. The number of nitrogens with zero attached hydrogens (tertiary/aromatic N) is 2. The first kappa shape index (κ1) is 17.1. The number of benzene rings is 1. The molecule has 0 radical (unpaired) electrons. The zero-order chi connectivity index (χ0) is 16.1. The molecule has 2 aromatic rings. The van der Waals surface area contributed by atoms with E-state index in [0.29, 0.717) is 40.0 Å². The highest BCUT2D eigenvalue weighted by atomic mass is 35.5. The lowest BCUT2D eigenvalue weighted by Gasteiger charge is -2.21. The van der Waals surface area contributed by atoms with Crippen LogP contribution in [-0.4, -0.2) is 15.5 Å². The molecule has 0 spiro atoms. The van der Waals surface area contributed by atoms with Crippen molar-refractivity contribution in [1.29, 1.82) is 0 Å². The number of rotatable bonds is 6. The van der Waals surface area contributed by atoms with Crippen molar-refractivity contribution < 1.29 is 9.53 Å². The molecule has 0 aliphatic heterocycles. The van der Waals surface area contributed by atoms with Gasteiger partial charge in [0.15, 0.2) is 0 Å². The number of halogens is 3. The predicted octanol–water partition coefficient (Wildman–Crippen LogP) is 4.93. The molecule has 2 rings (SSSR count). The van der Waals surface area contributed by atoms with Gasteiger partial charge in [0.25, 0.3) is 0 Å². The summed E-state index contributed by atoms with van der Waals surface area (Å²) in [5, 5.41) is 1.17. The molecule has 4 nitrogen and oxygen atoms in total. The average molecular weight is 362 g/mol. The normalized spacial score (nSPS) is 12.2. The highest BCUT2D eigenvalue weighted by Gasteiger charge is 2.23. The molecule has 0 amide bonds. The maximum atomic E-state index is 11.9. The van der Waals surface area contributed by atoms with E-state index < -0.39 is 6.10 Å². The maximum absolute atomic E-state index is 11.9. The molecular weight excluding hydrogens is 347 g/mol. The Morgan fingerprint density at radius 2 is 2.00 bits per heavy atom. The van der Waals surface area contributed by atoms with Crippen LogP contribution in [0.2, 0.25) is 15.1 Å². The lowest BCUT2D eigenvalue weighted by Crippen LogP contribution is -2.17. The summed E-state index contributed by atoms with van der Waals surface area (Å²) < 4.78 is 7.35. The molecule has 1 heterocycles. The second kappa shape index (κ2) is 7.86. The van der Waals surface area contributed by atoms with Crippen LogP contribution in [0.1, 0.15) is 31.4 Å². The predicted molar refractivity (Wildman–Crippen MR) is 87.4 cm³/mol. The Hall–Kier alpha value is -1.23. The third kappa shape index (κ3) is 4.38. The molecule has 0 fully saturated rings. The molecule has 0 aliphatic carbocycles. The molecule has 22 heavy (non-hydrogen) atoms. The minimum Gasteiger partial charge on any atom is -0.455 e. The molecular formula is C15H15Cl3N2O2. The highest BCUT2D eigenvalue weighted by Crippen LogP contribution is 2.36. The van der Waals surface area contributed by atoms with Crippen LogP contribution in [0, 0.1) is 0 Å². The molecule has 1 atom stereocenters. The van der Waals surface area contributed by atoms with Gasteiger partial charge in [0.2, 0.25) is 0 Å². The SMILES string of the molecule is CCCC(=O)OC(Cn1ccnc1)c1c(Cl)cc(Cl)cc1Cl. The summed E-state index contributed by atoms with van der Waals surface area (Å²) in [4.78, 5) is 15.9. The number of carbonyl (C=O) groups is 1. The van der Waals surface area contributed by atoms with Crippen LogP contribution >= 0.6 is 34.8 Å². The molecule has 1 aromatic heterocycles. The van der Waals surface area contributed by atoms with Crippen molar-refractivity contribution in [2.75, 3.05) is 0 Å². The molecule has 7 heteroatoms. The Kier molecular flexibility index (Phi) is 6.12. The van der Waals surface area contributed by atoms with Gasteiger partial charge >= 0.3 is 5.97 Å². The van der Waals surface area contributed by atoms with Crippen molar-refractivity contribution in [3.05, 3.63) is 51.5 Å². The molecule has 0 aliphatic rings. The smallest absolute Gasteiger partial charge is 0.306 e. The number of hydrogen-bond acceptors (Lipinski definition) is 3. The van der Waals surface area contributed by atoms with E-state index in [0.717, 1.165) is 0 Å². The molecule has 0 bridgehead atoms. The monoisotopic (exact) mass is 360 g/mol. The molecule has 0 saturated carbocycles. The Bertz CT molecular complexity index is 621. The van der Waals surface area contributed by atoms with Crippen LogP contribution in [0.25, 0.3) is 0 Å². The van der Waals surface area contributed by atoms with Gasteiger partial charge in [-0.1, -0.05) is 41.7 Å². The Morgan fingerprint density at radius 3 is 2.55 bits per heavy atom. The third-order valence-corrected chi connectivity index (χ3v) is 3.87. The van der Waals surface area contributed by atoms with Crippen molar-refractivity contribution in [3.63, 3.8) is 0 Å². The Balaban J connectivity index is 2.33. The lowest BCUT2D eigenvalue weighted by molar-refractivity contribution is -0.150. The number of imidazole rings is 1. The molecule has 0 saturated heterocycles. The Labute approximate surface area is 144 Å². The van der Waals surface area contributed by atoms with Gasteiger partial charge in [0.1, 0.15) is 6.10 Å². The van der Waals surface area contributed by atoms with Crippen molar-refractivity contribution >= 4 is 40.8 Å². The lowest BCUT2D eigenvalue weighted by atomic mass is 10.1. The van der Waals surface area contributed by atoms with Crippen LogP contribution in [0.4, 0.5) is 0 Å². The van der Waals surface area contributed by atoms with Crippen molar-refractivity contribution in [3.8, 4) is 0 Å². The topological polar surface area (TPSA) is 44.1 Å². The molecule has 118 valence electrons. The fraction of sp³-hybridized carbons (Fsp3) is 0.333. The minimum atomic E-state index is -0.606. The van der Waals surface area contributed by atoms with Gasteiger partial charge in [-0.25, -0.2) is 4.98 Å². The highest BCUT2D eigenvalue weighted by molar-refractivity contribution is 6.39. The molecule has 0 N–H and O–H groups in total. The summed E-state index contributed by atoms with van der Waals surface area (Å²) in [5.74, 6) is -0.297. The number of ether oxygens (including phenoxy) is 1. The summed E-state index contributed by atoms with van der Waals surface area (Å²) in [7, 11) is 0. The van der Waals surface area contributed by atoms with E-state index >= 15 is 0 Å². The van der Waals surface area contributed by atoms with Crippen molar-refractivity contribution in [1.82, 2.24) is 9.55 Å². The summed E-state index contributed by atoms with van der Waals surface area (Å²) in [5.41, 5.74) is 0.547. The molecule has 1 unspecified atom stereocenters. The van der Waals surface area contributed by atoms with Crippen LogP contribution in [0.15, 0.2) is 30.9 Å². The fourth-order valence-corrected chi connectivity index (χ4v) is 3.12. The average Bonchev–Trinajstić information content (AvgIpc) is 2.90. The minimum absolute atomic E-state index is 0.297. The van der Waals surface area contributed by atoms with Crippen LogP contribution in [0.5, 0.6) is 0 Å². The van der Waals surface area contributed by atoms with Gasteiger partial charge in [-0.05, 0) is 18.6 Å². The van der Waals surface area contributed by atoms with Crippen molar-refractivity contribution in [2.45, 2.75) is 32.4 Å². The first-order valence-corrected chi connectivity index (χ1v) is 7.94. The second-order valence-corrected chi connectivity index (χ2v) is 6.02. The van der Waals surface area contributed by atoms with Gasteiger partial charge in [0, 0.05) is 29.4 Å². The summed E-state index contributed by atoms with van der Waals surface area (Å²) >= 11 is 18.4. The first-order chi connectivity index (χ1) is 10.5. The number of aromatic nitrogens is 2. The van der Waals surface area contributed by atoms with E-state index in [1.165, 1.54) is 0 Å². The zero-order valence-electron chi connectivity index (χ0n) is 11.9. The molecule has 1 aromatic carbocycles. The second-order valence-electron chi connectivity index (χ2n) is 4.77. The summed E-state index contributed by atoms with van der Waals surface area (Å²) in [6.45, 7) is 2.28. The third-order valence-electron chi connectivity index (χ3n) is 3.03. The van der Waals surface area contributed by atoms with E-state index in [1.807, 2.05) is 6.92 Å². The van der Waals surface area contributed by atoms with E-state index in [1.54, 1.807) is 35.4 Å². The van der Waals surface area contributed by atoms with Crippen LogP contribution < -0.4 is 0 Å². The summed E-state index contributed by atoms with van der Waals surface area (Å²) in [6, 6.07) is 3.16. The van der Waals surface area contributed by atoms with Crippen LogP contribution in [0.3, 0.4) is 0 Å². The van der Waals surface area contributed by atoms with Crippen molar-refractivity contribution in [2.24, 2.45) is 0 Å². The van der Waals surface area contributed by atoms with E-state index in [-0.39, 0.29) is 5.97 Å². The fourth-order valence-electron chi connectivity index (χ4n) is 2.06. The van der Waals surface area contributed by atoms with E-state index in [2.05, 4.69) is 4.98 Å². The number of carbonyl (C=O) groups excluding carboxylic acids is 1. The Morgan fingerprint density at radius 1 is 1.32 bits per heavy atom.